The topological polar surface area (TPSA) is 15.3 Å². The van der Waals surface area contributed by atoms with Crippen LogP contribution in [0.4, 0.5) is 8.78 Å². The van der Waals surface area contributed by atoms with Crippen LogP contribution in [0.2, 0.25) is 0 Å². The molecular weight excluding hydrogens is 325 g/mol. The first-order chi connectivity index (χ1) is 8.09. The number of hydrogen-bond donors (Lipinski definition) is 1. The van der Waals surface area contributed by atoms with Gasteiger partial charge in [0.25, 0.3) is 0 Å². The van der Waals surface area contributed by atoms with Gasteiger partial charge < -0.3 is 5.32 Å². The van der Waals surface area contributed by atoms with E-state index < -0.39 is 11.6 Å². The van der Waals surface area contributed by atoms with Crippen LogP contribution in [0.1, 0.15) is 12.5 Å². The predicted molar refractivity (Wildman–Crippen MR) is 74.0 cm³/mol. The van der Waals surface area contributed by atoms with Crippen molar-refractivity contribution in [2.75, 3.05) is 19.6 Å². The summed E-state index contributed by atoms with van der Waals surface area (Å²) in [4.78, 5) is 2.09. The fraction of sp³-hybridized carbons (Fsp3) is 0.500. The fourth-order valence-corrected chi connectivity index (χ4v) is 2.41. The van der Waals surface area contributed by atoms with Crippen molar-refractivity contribution in [1.82, 2.24) is 10.2 Å². The van der Waals surface area contributed by atoms with Crippen LogP contribution >= 0.6 is 28.3 Å². The van der Waals surface area contributed by atoms with Crippen LogP contribution in [0.15, 0.2) is 16.6 Å². The number of piperazine rings is 1. The molecule has 1 aliphatic heterocycles. The lowest BCUT2D eigenvalue weighted by molar-refractivity contribution is 0.161. The molecule has 0 aliphatic carbocycles. The highest BCUT2D eigenvalue weighted by Gasteiger charge is 2.21. The van der Waals surface area contributed by atoms with Crippen LogP contribution < -0.4 is 5.32 Å². The molecule has 1 atom stereocenters. The minimum atomic E-state index is -0.490. The second-order valence-corrected chi connectivity index (χ2v) is 5.20. The Morgan fingerprint density at radius 1 is 1.44 bits per heavy atom. The van der Waals surface area contributed by atoms with Crippen LogP contribution in [0.5, 0.6) is 0 Å². The van der Waals surface area contributed by atoms with Gasteiger partial charge in [0.15, 0.2) is 0 Å². The van der Waals surface area contributed by atoms with Gasteiger partial charge in [-0.2, -0.15) is 0 Å². The zero-order valence-corrected chi connectivity index (χ0v) is 12.5. The van der Waals surface area contributed by atoms with E-state index in [0.717, 1.165) is 19.6 Å². The molecule has 0 saturated carbocycles. The van der Waals surface area contributed by atoms with Gasteiger partial charge in [-0.05, 0) is 35.0 Å². The summed E-state index contributed by atoms with van der Waals surface area (Å²) in [6, 6.07) is 2.99. The summed E-state index contributed by atoms with van der Waals surface area (Å²) in [5.74, 6) is -0.966. The molecule has 0 radical (unpaired) electrons. The second kappa shape index (κ2) is 6.80. The third-order valence-electron chi connectivity index (χ3n) is 3.14. The van der Waals surface area contributed by atoms with Crippen molar-refractivity contribution in [3.8, 4) is 0 Å². The molecular formula is C12H16BrClF2N2. The first-order valence-corrected chi connectivity index (χ1v) is 6.46. The highest BCUT2D eigenvalue weighted by atomic mass is 79.9. The molecule has 18 heavy (non-hydrogen) atoms. The minimum absolute atomic E-state index is 0. The van der Waals surface area contributed by atoms with Crippen LogP contribution in [0, 0.1) is 11.6 Å². The van der Waals surface area contributed by atoms with Gasteiger partial charge in [0.05, 0.1) is 4.47 Å². The van der Waals surface area contributed by atoms with Gasteiger partial charge in [-0.1, -0.05) is 0 Å². The Bertz CT molecular complexity index is 417. The summed E-state index contributed by atoms with van der Waals surface area (Å²) in [5.41, 5.74) is 0.146. The van der Waals surface area contributed by atoms with Gasteiger partial charge in [0.2, 0.25) is 0 Å². The normalized spacial score (nSPS) is 20.6. The van der Waals surface area contributed by atoms with Gasteiger partial charge in [-0.15, -0.1) is 12.4 Å². The van der Waals surface area contributed by atoms with Crippen molar-refractivity contribution in [3.05, 3.63) is 33.8 Å². The van der Waals surface area contributed by atoms with E-state index in [1.807, 2.05) is 0 Å². The van der Waals surface area contributed by atoms with Crippen molar-refractivity contribution in [1.29, 1.82) is 0 Å². The number of rotatable bonds is 2. The van der Waals surface area contributed by atoms with E-state index in [0.29, 0.717) is 17.1 Å². The maximum atomic E-state index is 13.8. The Morgan fingerprint density at radius 3 is 2.83 bits per heavy atom. The first kappa shape index (κ1) is 15.8. The summed E-state index contributed by atoms with van der Waals surface area (Å²) in [6.45, 7) is 4.91. The molecule has 0 spiro atoms. The van der Waals surface area contributed by atoms with Crippen LogP contribution in [0.3, 0.4) is 0 Å². The van der Waals surface area contributed by atoms with Crippen LogP contribution in [0.25, 0.3) is 0 Å². The summed E-state index contributed by atoms with van der Waals surface area (Å²) >= 11 is 3.09. The third kappa shape index (κ3) is 3.41. The number of nitrogens with one attached hydrogen (secondary N) is 1. The molecule has 0 bridgehead atoms. The molecule has 1 fully saturated rings. The quantitative estimate of drug-likeness (QED) is 0.832. The summed E-state index contributed by atoms with van der Waals surface area (Å²) in [5, 5.41) is 3.25. The van der Waals surface area contributed by atoms with Crippen molar-refractivity contribution >= 4 is 28.3 Å². The van der Waals surface area contributed by atoms with E-state index in [1.165, 1.54) is 12.1 Å². The highest BCUT2D eigenvalue weighted by Crippen LogP contribution is 2.23. The third-order valence-corrected chi connectivity index (χ3v) is 3.75. The van der Waals surface area contributed by atoms with Gasteiger partial charge in [-0.3, -0.25) is 4.90 Å². The monoisotopic (exact) mass is 340 g/mol. The van der Waals surface area contributed by atoms with E-state index in [1.54, 1.807) is 0 Å². The summed E-state index contributed by atoms with van der Waals surface area (Å²) < 4.78 is 27.7. The average Bonchev–Trinajstić information content (AvgIpc) is 2.32. The van der Waals surface area contributed by atoms with Crippen molar-refractivity contribution in [3.63, 3.8) is 0 Å². The Hall–Kier alpha value is -0.230. The lowest BCUT2D eigenvalue weighted by Gasteiger charge is -2.34. The molecule has 6 heteroatoms. The molecule has 2 rings (SSSR count). The van der Waals surface area contributed by atoms with E-state index in [9.17, 15) is 8.78 Å². The van der Waals surface area contributed by atoms with E-state index in [-0.39, 0.29) is 18.0 Å². The number of nitrogens with zero attached hydrogens (tertiary/aromatic N) is 1. The Labute approximate surface area is 120 Å². The Kier molecular flexibility index (Phi) is 5.98. The van der Waals surface area contributed by atoms with E-state index in [2.05, 4.69) is 33.1 Å². The van der Waals surface area contributed by atoms with Gasteiger partial charge in [-0.25, -0.2) is 8.78 Å². The van der Waals surface area contributed by atoms with Gasteiger partial charge in [0.1, 0.15) is 11.6 Å². The number of halogens is 4. The van der Waals surface area contributed by atoms with E-state index in [4.69, 9.17) is 0 Å². The maximum absolute atomic E-state index is 13.8. The Morgan fingerprint density at radius 2 is 2.17 bits per heavy atom. The van der Waals surface area contributed by atoms with Gasteiger partial charge >= 0.3 is 0 Å². The molecule has 1 heterocycles. The molecule has 1 aromatic rings. The maximum Gasteiger partial charge on any atom is 0.144 e. The minimum Gasteiger partial charge on any atom is -0.314 e. The van der Waals surface area contributed by atoms with Crippen LogP contribution in [-0.4, -0.2) is 30.6 Å². The zero-order chi connectivity index (χ0) is 12.4. The fourth-order valence-electron chi connectivity index (χ4n) is 2.04. The molecule has 2 nitrogen and oxygen atoms in total. The standard InChI is InChI=1S/C12H15BrF2N2.ClH/c1-8-6-16-4-5-17(8)7-9-11(14)3-2-10(13)12(9)15;/h2-3,8,16H,4-7H2,1H3;1H/t8-;/m1./s1. The summed E-state index contributed by atoms with van der Waals surface area (Å²) in [6.07, 6.45) is 0. The molecule has 1 aromatic carbocycles. The first-order valence-electron chi connectivity index (χ1n) is 5.66. The molecule has 102 valence electrons. The molecule has 1 aliphatic rings. The molecule has 0 amide bonds. The number of benzene rings is 1. The second-order valence-electron chi connectivity index (χ2n) is 4.35. The molecule has 1 saturated heterocycles. The lowest BCUT2D eigenvalue weighted by atomic mass is 10.1. The SMILES string of the molecule is C[C@@H]1CNCCN1Cc1c(F)ccc(Br)c1F.Cl. The summed E-state index contributed by atoms with van der Waals surface area (Å²) in [7, 11) is 0. The lowest BCUT2D eigenvalue weighted by Crippen LogP contribution is -2.49. The average molecular weight is 342 g/mol. The van der Waals surface area contributed by atoms with E-state index >= 15 is 0 Å². The molecule has 0 aromatic heterocycles. The number of hydrogen-bond acceptors (Lipinski definition) is 2. The predicted octanol–water partition coefficient (Wildman–Crippen LogP) is 2.94. The molecule has 1 N–H and O–H groups in total. The van der Waals surface area contributed by atoms with Gasteiger partial charge in [0, 0.05) is 37.8 Å². The highest BCUT2D eigenvalue weighted by molar-refractivity contribution is 9.10. The molecule has 0 unspecified atom stereocenters. The largest absolute Gasteiger partial charge is 0.314 e. The van der Waals surface area contributed by atoms with Crippen molar-refractivity contribution in [2.24, 2.45) is 0 Å². The van der Waals surface area contributed by atoms with Crippen LogP contribution in [-0.2, 0) is 6.54 Å². The van der Waals surface area contributed by atoms with Crippen molar-refractivity contribution in [2.45, 2.75) is 19.5 Å². The zero-order valence-electron chi connectivity index (χ0n) is 10.0. The van der Waals surface area contributed by atoms with Crippen molar-refractivity contribution < 1.29 is 8.78 Å². The Balaban J connectivity index is 0.00000162. The smallest absolute Gasteiger partial charge is 0.144 e.